The van der Waals surface area contributed by atoms with Crippen molar-refractivity contribution in [2.24, 2.45) is 0 Å². The van der Waals surface area contributed by atoms with Crippen LogP contribution in [0.4, 0.5) is 10.5 Å². The monoisotopic (exact) mass is 453 g/mol. The van der Waals surface area contributed by atoms with Crippen LogP contribution in [0, 0.1) is 0 Å². The minimum atomic E-state index is -0.718. The predicted molar refractivity (Wildman–Crippen MR) is 124 cm³/mol. The van der Waals surface area contributed by atoms with Gasteiger partial charge in [-0.15, -0.1) is 0 Å². The van der Waals surface area contributed by atoms with E-state index in [1.807, 2.05) is 30.3 Å². The van der Waals surface area contributed by atoms with Crippen LogP contribution in [0.2, 0.25) is 5.02 Å². The van der Waals surface area contributed by atoms with Gasteiger partial charge in [-0.2, -0.15) is 0 Å². The van der Waals surface area contributed by atoms with Crippen molar-refractivity contribution < 1.29 is 14.4 Å². The molecule has 32 heavy (non-hydrogen) atoms. The number of carbonyl (C=O) groups excluding carboxylic acids is 3. The number of fused-ring (bicyclic) bond motifs is 1. The van der Waals surface area contributed by atoms with E-state index in [4.69, 9.17) is 11.6 Å². The Bertz CT molecular complexity index is 1100. The van der Waals surface area contributed by atoms with Gasteiger partial charge in [0.15, 0.2) is 0 Å². The van der Waals surface area contributed by atoms with E-state index >= 15 is 0 Å². The number of amides is 4. The molecule has 3 N–H and O–H groups in total. The van der Waals surface area contributed by atoms with E-state index in [0.717, 1.165) is 10.9 Å². The Morgan fingerprint density at radius 3 is 2.31 bits per heavy atom. The molecule has 0 aliphatic carbocycles. The molecule has 1 aliphatic heterocycles. The van der Waals surface area contributed by atoms with Crippen LogP contribution in [0.15, 0.2) is 54.6 Å². The SMILES string of the molecule is C[C@@H](NC(=O)N1CCN(C(=O)c2cc3ccccc3[nH]2)CC1)C(=O)Nc1ccc(Cl)cc1. The molecule has 2 aromatic carbocycles. The highest BCUT2D eigenvalue weighted by Gasteiger charge is 2.27. The molecule has 1 aromatic heterocycles. The fourth-order valence-electron chi connectivity index (χ4n) is 3.60. The van der Waals surface area contributed by atoms with Crippen molar-refractivity contribution >= 4 is 46.0 Å². The van der Waals surface area contributed by atoms with Gasteiger partial charge in [0.05, 0.1) is 0 Å². The Morgan fingerprint density at radius 1 is 0.969 bits per heavy atom. The van der Waals surface area contributed by atoms with Crippen molar-refractivity contribution in [1.82, 2.24) is 20.1 Å². The van der Waals surface area contributed by atoms with Gasteiger partial charge in [0.25, 0.3) is 5.91 Å². The first-order valence-electron chi connectivity index (χ1n) is 10.4. The third kappa shape index (κ3) is 4.86. The molecule has 4 rings (SSSR count). The lowest BCUT2D eigenvalue weighted by molar-refractivity contribution is -0.117. The first-order valence-corrected chi connectivity index (χ1v) is 10.8. The van der Waals surface area contributed by atoms with Crippen LogP contribution in [0.3, 0.4) is 0 Å². The number of anilines is 1. The molecule has 2 heterocycles. The van der Waals surface area contributed by atoms with E-state index in [0.29, 0.717) is 42.6 Å². The van der Waals surface area contributed by atoms with Crippen LogP contribution in [-0.2, 0) is 4.79 Å². The van der Waals surface area contributed by atoms with Gasteiger partial charge < -0.3 is 25.4 Å². The van der Waals surface area contributed by atoms with Crippen LogP contribution in [0.1, 0.15) is 17.4 Å². The second-order valence-corrected chi connectivity index (χ2v) is 8.15. The molecule has 1 fully saturated rings. The van der Waals surface area contributed by atoms with E-state index in [-0.39, 0.29) is 17.8 Å². The maximum atomic E-state index is 12.8. The van der Waals surface area contributed by atoms with Gasteiger partial charge in [0.2, 0.25) is 5.91 Å². The summed E-state index contributed by atoms with van der Waals surface area (Å²) in [4.78, 5) is 44.2. The van der Waals surface area contributed by atoms with Crippen molar-refractivity contribution in [1.29, 1.82) is 0 Å². The molecule has 166 valence electrons. The fourth-order valence-corrected chi connectivity index (χ4v) is 3.72. The van der Waals surface area contributed by atoms with E-state index in [9.17, 15) is 14.4 Å². The van der Waals surface area contributed by atoms with E-state index < -0.39 is 6.04 Å². The number of benzene rings is 2. The number of piperazine rings is 1. The van der Waals surface area contributed by atoms with Crippen molar-refractivity contribution in [3.05, 3.63) is 65.3 Å². The first kappa shape index (κ1) is 21.7. The summed E-state index contributed by atoms with van der Waals surface area (Å²) in [5.41, 5.74) is 2.06. The Balaban J connectivity index is 1.27. The van der Waals surface area contributed by atoms with Gasteiger partial charge >= 0.3 is 6.03 Å². The Hall–Kier alpha value is -3.52. The topological polar surface area (TPSA) is 97.5 Å². The van der Waals surface area contributed by atoms with Gasteiger partial charge in [-0.05, 0) is 43.3 Å². The first-order chi connectivity index (χ1) is 15.4. The lowest BCUT2D eigenvalue weighted by atomic mass is 10.2. The summed E-state index contributed by atoms with van der Waals surface area (Å²) >= 11 is 5.85. The van der Waals surface area contributed by atoms with Crippen LogP contribution >= 0.6 is 11.6 Å². The Morgan fingerprint density at radius 2 is 1.62 bits per heavy atom. The molecule has 9 heteroatoms. The molecule has 0 spiro atoms. The van der Waals surface area contributed by atoms with Gasteiger partial charge in [-0.25, -0.2) is 4.79 Å². The van der Waals surface area contributed by atoms with Gasteiger partial charge in [0, 0.05) is 47.8 Å². The number of halogens is 1. The number of urea groups is 1. The molecule has 0 unspecified atom stereocenters. The van der Waals surface area contributed by atoms with Crippen LogP contribution in [0.5, 0.6) is 0 Å². The summed E-state index contributed by atoms with van der Waals surface area (Å²) in [5.74, 6) is -0.412. The molecular weight excluding hydrogens is 430 g/mol. The maximum absolute atomic E-state index is 12.8. The molecular formula is C23H24ClN5O3. The summed E-state index contributed by atoms with van der Waals surface area (Å²) < 4.78 is 0. The number of hydrogen-bond donors (Lipinski definition) is 3. The highest BCUT2D eigenvalue weighted by Crippen LogP contribution is 2.17. The van der Waals surface area contributed by atoms with Crippen LogP contribution in [0.25, 0.3) is 10.9 Å². The molecule has 3 aromatic rings. The molecule has 0 bridgehead atoms. The lowest BCUT2D eigenvalue weighted by Crippen LogP contribution is -2.55. The van der Waals surface area contributed by atoms with E-state index in [1.54, 1.807) is 41.0 Å². The molecule has 8 nitrogen and oxygen atoms in total. The highest BCUT2D eigenvalue weighted by atomic mass is 35.5. The lowest BCUT2D eigenvalue weighted by Gasteiger charge is -2.35. The Kier molecular flexibility index (Phi) is 6.32. The molecule has 1 aliphatic rings. The number of hydrogen-bond acceptors (Lipinski definition) is 3. The molecule has 1 atom stereocenters. The minimum Gasteiger partial charge on any atom is -0.351 e. The van der Waals surface area contributed by atoms with Crippen LogP contribution in [-0.4, -0.2) is 64.9 Å². The number of aromatic amines is 1. The zero-order chi connectivity index (χ0) is 22.7. The summed E-state index contributed by atoms with van der Waals surface area (Å²) in [6.45, 7) is 3.26. The molecule has 4 amide bonds. The van der Waals surface area contributed by atoms with Crippen molar-refractivity contribution in [3.8, 4) is 0 Å². The second-order valence-electron chi connectivity index (χ2n) is 7.72. The third-order valence-electron chi connectivity index (χ3n) is 5.46. The summed E-state index contributed by atoms with van der Waals surface area (Å²) in [5, 5.41) is 7.02. The number of nitrogens with one attached hydrogen (secondary N) is 3. The average molecular weight is 454 g/mol. The van der Waals surface area contributed by atoms with Gasteiger partial charge in [0.1, 0.15) is 11.7 Å². The zero-order valence-electron chi connectivity index (χ0n) is 17.6. The highest BCUT2D eigenvalue weighted by molar-refractivity contribution is 6.30. The number of rotatable bonds is 4. The van der Waals surface area contributed by atoms with Gasteiger partial charge in [-0.1, -0.05) is 29.8 Å². The molecule has 0 radical (unpaired) electrons. The molecule has 1 saturated heterocycles. The number of H-pyrrole nitrogens is 1. The quantitative estimate of drug-likeness (QED) is 0.565. The van der Waals surface area contributed by atoms with E-state index in [2.05, 4.69) is 15.6 Å². The largest absolute Gasteiger partial charge is 0.351 e. The van der Waals surface area contributed by atoms with Crippen molar-refractivity contribution in [3.63, 3.8) is 0 Å². The average Bonchev–Trinajstić information content (AvgIpc) is 3.24. The Labute approximate surface area is 190 Å². The zero-order valence-corrected chi connectivity index (χ0v) is 18.4. The number of para-hydroxylation sites is 1. The summed E-state index contributed by atoms with van der Waals surface area (Å²) in [6, 6.07) is 15.3. The van der Waals surface area contributed by atoms with Crippen LogP contribution < -0.4 is 10.6 Å². The molecule has 0 saturated carbocycles. The minimum absolute atomic E-state index is 0.0861. The summed E-state index contributed by atoms with van der Waals surface area (Å²) in [6.07, 6.45) is 0. The second kappa shape index (κ2) is 9.32. The fraction of sp³-hybridized carbons (Fsp3) is 0.261. The predicted octanol–water partition coefficient (Wildman–Crippen LogP) is 3.32. The number of carbonyl (C=O) groups is 3. The third-order valence-corrected chi connectivity index (χ3v) is 5.71. The van der Waals surface area contributed by atoms with Gasteiger partial charge in [-0.3, -0.25) is 9.59 Å². The van der Waals surface area contributed by atoms with Crippen molar-refractivity contribution in [2.45, 2.75) is 13.0 Å². The smallest absolute Gasteiger partial charge is 0.318 e. The number of nitrogens with zero attached hydrogens (tertiary/aromatic N) is 2. The summed E-state index contributed by atoms with van der Waals surface area (Å²) in [7, 11) is 0. The number of aromatic nitrogens is 1. The van der Waals surface area contributed by atoms with Crippen molar-refractivity contribution in [2.75, 3.05) is 31.5 Å². The maximum Gasteiger partial charge on any atom is 0.318 e. The normalized spacial score (nSPS) is 14.8. The standard InChI is InChI=1S/C23H24ClN5O3/c1-15(21(30)26-18-8-6-17(24)7-9-18)25-23(32)29-12-10-28(11-13-29)22(31)20-14-16-4-2-3-5-19(16)27-20/h2-9,14-15,27H,10-13H2,1H3,(H,25,32)(H,26,30)/t15-/m1/s1. The van der Waals surface area contributed by atoms with E-state index in [1.165, 1.54) is 0 Å².